The number of thioether (sulfide) groups is 1. The van der Waals surface area contributed by atoms with Crippen molar-refractivity contribution < 1.29 is 4.79 Å². The third-order valence-corrected chi connectivity index (χ3v) is 2.24. The van der Waals surface area contributed by atoms with Gasteiger partial charge in [0.25, 0.3) is 0 Å². The molecule has 1 aromatic carbocycles. The van der Waals surface area contributed by atoms with Gasteiger partial charge in [-0.3, -0.25) is 0 Å². The first-order valence-electron chi connectivity index (χ1n) is 3.15. The van der Waals surface area contributed by atoms with E-state index in [1.165, 1.54) is 11.8 Å². The predicted molar refractivity (Wildman–Crippen MR) is 48.2 cm³/mol. The van der Waals surface area contributed by atoms with Crippen LogP contribution in [0.1, 0.15) is 0 Å². The fourth-order valence-corrected chi connectivity index (χ4v) is 1.59. The van der Waals surface area contributed by atoms with E-state index in [1.54, 1.807) is 0 Å². The van der Waals surface area contributed by atoms with Crippen molar-refractivity contribution in [3.63, 3.8) is 0 Å². The molecule has 1 rings (SSSR count). The molecule has 0 atom stereocenters. The Hall–Kier alpha value is -0.470. The van der Waals surface area contributed by atoms with Gasteiger partial charge in [-0.2, -0.15) is 0 Å². The van der Waals surface area contributed by atoms with E-state index in [1.807, 2.05) is 24.3 Å². The zero-order valence-corrected chi connectivity index (χ0v) is 7.36. The average Bonchev–Trinajstić information content (AvgIpc) is 2.01. The smallest absolute Gasteiger partial charge is 0.130 e. The Morgan fingerprint density at radius 2 is 2.36 bits per heavy atom. The summed E-state index contributed by atoms with van der Waals surface area (Å²) in [6.45, 7) is 0. The van der Waals surface area contributed by atoms with Crippen molar-refractivity contribution in [3.05, 3.63) is 29.3 Å². The Bertz CT molecular complexity index is 250. The summed E-state index contributed by atoms with van der Waals surface area (Å²) < 4.78 is 0. The summed E-state index contributed by atoms with van der Waals surface area (Å²) in [4.78, 5) is 11.0. The number of rotatable bonds is 3. The van der Waals surface area contributed by atoms with Gasteiger partial charge >= 0.3 is 0 Å². The van der Waals surface area contributed by atoms with Crippen molar-refractivity contribution in [2.75, 3.05) is 5.75 Å². The van der Waals surface area contributed by atoms with Gasteiger partial charge in [0.05, 0.1) is 5.75 Å². The molecule has 0 aliphatic rings. The summed E-state index contributed by atoms with van der Waals surface area (Å²) in [5.74, 6) is 0.486. The molecule has 0 radical (unpaired) electrons. The lowest BCUT2D eigenvalue weighted by molar-refractivity contribution is -0.105. The first-order valence-corrected chi connectivity index (χ1v) is 4.51. The fourth-order valence-electron chi connectivity index (χ4n) is 0.687. The first-order chi connectivity index (χ1) is 5.33. The van der Waals surface area contributed by atoms with Crippen LogP contribution in [0.15, 0.2) is 29.2 Å². The molecule has 0 amide bonds. The van der Waals surface area contributed by atoms with E-state index in [0.29, 0.717) is 10.8 Å². The minimum Gasteiger partial charge on any atom is -0.302 e. The van der Waals surface area contributed by atoms with Crippen LogP contribution in [0, 0.1) is 0 Å². The highest BCUT2D eigenvalue weighted by molar-refractivity contribution is 7.99. The highest BCUT2D eigenvalue weighted by Crippen LogP contribution is 2.20. The molecule has 11 heavy (non-hydrogen) atoms. The highest BCUT2D eigenvalue weighted by Gasteiger charge is 1.92. The number of hydrogen-bond acceptors (Lipinski definition) is 2. The van der Waals surface area contributed by atoms with Crippen molar-refractivity contribution in [1.82, 2.24) is 0 Å². The van der Waals surface area contributed by atoms with Gasteiger partial charge < -0.3 is 4.79 Å². The maximum Gasteiger partial charge on any atom is 0.130 e. The molecule has 0 bridgehead atoms. The maximum absolute atomic E-state index is 10.0. The van der Waals surface area contributed by atoms with Gasteiger partial charge in [-0.15, -0.1) is 11.8 Å². The number of benzene rings is 1. The Balaban J connectivity index is 2.63. The van der Waals surface area contributed by atoms with E-state index in [2.05, 4.69) is 0 Å². The quantitative estimate of drug-likeness (QED) is 0.533. The van der Waals surface area contributed by atoms with Crippen LogP contribution in [0.25, 0.3) is 0 Å². The summed E-state index contributed by atoms with van der Waals surface area (Å²) >= 11 is 7.20. The summed E-state index contributed by atoms with van der Waals surface area (Å²) in [5, 5.41) is 0.709. The Labute approximate surface area is 74.7 Å². The van der Waals surface area contributed by atoms with Gasteiger partial charge in [-0.1, -0.05) is 17.7 Å². The van der Waals surface area contributed by atoms with E-state index in [9.17, 15) is 4.79 Å². The topological polar surface area (TPSA) is 17.1 Å². The van der Waals surface area contributed by atoms with E-state index in [-0.39, 0.29) is 0 Å². The zero-order valence-electron chi connectivity index (χ0n) is 5.79. The third-order valence-electron chi connectivity index (χ3n) is 1.11. The molecule has 0 aromatic heterocycles. The van der Waals surface area contributed by atoms with Crippen molar-refractivity contribution in [3.8, 4) is 0 Å². The summed E-state index contributed by atoms with van der Waals surface area (Å²) in [6, 6.07) is 7.46. The van der Waals surface area contributed by atoms with Gasteiger partial charge in [0.1, 0.15) is 6.29 Å². The van der Waals surface area contributed by atoms with Crippen LogP contribution in [-0.4, -0.2) is 12.0 Å². The normalized spacial score (nSPS) is 9.55. The number of hydrogen-bond donors (Lipinski definition) is 0. The van der Waals surface area contributed by atoms with Gasteiger partial charge in [-0.05, 0) is 18.2 Å². The van der Waals surface area contributed by atoms with Gasteiger partial charge in [0.15, 0.2) is 0 Å². The molecule has 0 saturated carbocycles. The minimum atomic E-state index is 0.486. The van der Waals surface area contributed by atoms with Crippen molar-refractivity contribution in [2.24, 2.45) is 0 Å². The largest absolute Gasteiger partial charge is 0.302 e. The standard InChI is InChI=1S/C8H7ClOS/c9-7-2-1-3-8(6-7)11-5-4-10/h1-4,6H,5H2. The number of aldehydes is 1. The van der Waals surface area contributed by atoms with Crippen LogP contribution >= 0.6 is 23.4 Å². The Kier molecular flexibility index (Phi) is 3.46. The SMILES string of the molecule is O=CCSc1cccc(Cl)c1. The van der Waals surface area contributed by atoms with Crippen LogP contribution in [0.5, 0.6) is 0 Å². The number of halogens is 1. The zero-order chi connectivity index (χ0) is 8.10. The molecule has 1 nitrogen and oxygen atoms in total. The van der Waals surface area contributed by atoms with Crippen LogP contribution in [0.4, 0.5) is 0 Å². The van der Waals surface area contributed by atoms with E-state index in [0.717, 1.165) is 11.2 Å². The molecule has 0 spiro atoms. The first kappa shape index (κ1) is 8.62. The van der Waals surface area contributed by atoms with E-state index < -0.39 is 0 Å². The number of carbonyl (C=O) groups is 1. The molecule has 3 heteroatoms. The second kappa shape index (κ2) is 4.42. The molecule has 58 valence electrons. The molecule has 0 unspecified atom stereocenters. The lowest BCUT2D eigenvalue weighted by atomic mass is 10.4. The molecule has 0 N–H and O–H groups in total. The molecule has 0 aliphatic heterocycles. The molecule has 1 aromatic rings. The monoisotopic (exact) mass is 186 g/mol. The molecule has 0 saturated heterocycles. The number of carbonyl (C=O) groups excluding carboxylic acids is 1. The average molecular weight is 187 g/mol. The van der Waals surface area contributed by atoms with Crippen LogP contribution in [0.2, 0.25) is 5.02 Å². The van der Waals surface area contributed by atoms with Gasteiger partial charge in [0, 0.05) is 9.92 Å². The Morgan fingerprint density at radius 3 is 3.00 bits per heavy atom. The van der Waals surface area contributed by atoms with Crippen LogP contribution in [0.3, 0.4) is 0 Å². The van der Waals surface area contributed by atoms with Gasteiger partial charge in [-0.25, -0.2) is 0 Å². The van der Waals surface area contributed by atoms with Crippen molar-refractivity contribution >= 4 is 29.6 Å². The van der Waals surface area contributed by atoms with Crippen molar-refractivity contribution in [2.45, 2.75) is 4.90 Å². The van der Waals surface area contributed by atoms with Gasteiger partial charge in [0.2, 0.25) is 0 Å². The summed E-state index contributed by atoms with van der Waals surface area (Å²) in [7, 11) is 0. The summed E-state index contributed by atoms with van der Waals surface area (Å²) in [6.07, 6.45) is 0.881. The second-order valence-electron chi connectivity index (χ2n) is 1.94. The second-order valence-corrected chi connectivity index (χ2v) is 3.46. The van der Waals surface area contributed by atoms with Crippen molar-refractivity contribution in [1.29, 1.82) is 0 Å². The molecular formula is C8H7ClOS. The summed E-state index contributed by atoms with van der Waals surface area (Å²) in [5.41, 5.74) is 0. The van der Waals surface area contributed by atoms with E-state index in [4.69, 9.17) is 11.6 Å². The van der Waals surface area contributed by atoms with Crippen LogP contribution < -0.4 is 0 Å². The fraction of sp³-hybridized carbons (Fsp3) is 0.125. The molecule has 0 aliphatic carbocycles. The molecule has 0 heterocycles. The predicted octanol–water partition coefficient (Wildman–Crippen LogP) is 2.63. The van der Waals surface area contributed by atoms with Crippen LogP contribution in [-0.2, 0) is 4.79 Å². The minimum absolute atomic E-state index is 0.486. The molecule has 0 fully saturated rings. The molecular weight excluding hydrogens is 180 g/mol. The third kappa shape index (κ3) is 2.95. The maximum atomic E-state index is 10.0. The Morgan fingerprint density at radius 1 is 1.55 bits per heavy atom. The lowest BCUT2D eigenvalue weighted by Crippen LogP contribution is -1.77. The van der Waals surface area contributed by atoms with E-state index >= 15 is 0 Å². The highest BCUT2D eigenvalue weighted by atomic mass is 35.5. The lowest BCUT2D eigenvalue weighted by Gasteiger charge is -1.96.